The molecule has 2 heterocycles. The van der Waals surface area contributed by atoms with Crippen molar-refractivity contribution in [3.8, 4) is 0 Å². The normalized spacial score (nSPS) is 15.2. The lowest BCUT2D eigenvalue weighted by atomic mass is 10.3. The van der Waals surface area contributed by atoms with E-state index in [9.17, 15) is 8.42 Å². The van der Waals surface area contributed by atoms with Crippen LogP contribution < -0.4 is 10.0 Å². The molecule has 0 aromatic carbocycles. The van der Waals surface area contributed by atoms with E-state index in [-0.39, 0.29) is 6.54 Å². The zero-order valence-corrected chi connectivity index (χ0v) is 13.1. The molecule has 112 valence electrons. The van der Waals surface area contributed by atoms with E-state index in [0.717, 1.165) is 10.4 Å². The summed E-state index contributed by atoms with van der Waals surface area (Å²) < 4.78 is 27.4. The summed E-state index contributed by atoms with van der Waals surface area (Å²) in [6.45, 7) is 0.893. The van der Waals surface area contributed by atoms with Crippen molar-refractivity contribution >= 4 is 21.4 Å². The minimum Gasteiger partial charge on any atom is -0.309 e. The van der Waals surface area contributed by atoms with Gasteiger partial charge in [0.05, 0.1) is 4.90 Å². The first-order valence-electron chi connectivity index (χ1n) is 6.83. The molecule has 0 saturated heterocycles. The highest BCUT2D eigenvalue weighted by Gasteiger charge is 2.23. The minimum atomic E-state index is -3.47. The van der Waals surface area contributed by atoms with Crippen LogP contribution in [0.4, 0.5) is 0 Å². The second-order valence-electron chi connectivity index (χ2n) is 5.04. The summed E-state index contributed by atoms with van der Waals surface area (Å²) in [5, 5.41) is 5.18. The van der Waals surface area contributed by atoms with Gasteiger partial charge in [0.1, 0.15) is 0 Å². The SMILES string of the molecule is O=S(=O)(NCc1ccncc1)c1ccsc1CNC1CC1. The maximum Gasteiger partial charge on any atom is 0.242 e. The summed E-state index contributed by atoms with van der Waals surface area (Å²) in [7, 11) is -3.47. The van der Waals surface area contributed by atoms with E-state index in [1.165, 1.54) is 24.2 Å². The topological polar surface area (TPSA) is 71.1 Å². The first-order chi connectivity index (χ1) is 10.1. The third-order valence-corrected chi connectivity index (χ3v) is 5.87. The highest BCUT2D eigenvalue weighted by atomic mass is 32.2. The molecule has 0 spiro atoms. The number of nitrogens with one attached hydrogen (secondary N) is 2. The van der Waals surface area contributed by atoms with E-state index in [1.54, 1.807) is 30.6 Å². The highest BCUT2D eigenvalue weighted by molar-refractivity contribution is 7.89. The van der Waals surface area contributed by atoms with Gasteiger partial charge in [-0.25, -0.2) is 13.1 Å². The molecule has 0 radical (unpaired) electrons. The smallest absolute Gasteiger partial charge is 0.242 e. The van der Waals surface area contributed by atoms with Gasteiger partial charge in [-0.2, -0.15) is 0 Å². The number of hydrogen-bond donors (Lipinski definition) is 2. The molecule has 3 rings (SSSR count). The summed E-state index contributed by atoms with van der Waals surface area (Å²) >= 11 is 1.48. The number of rotatable bonds is 7. The van der Waals surface area contributed by atoms with Gasteiger partial charge in [-0.15, -0.1) is 11.3 Å². The molecule has 1 aliphatic carbocycles. The predicted molar refractivity (Wildman–Crippen MR) is 82.4 cm³/mol. The van der Waals surface area contributed by atoms with Gasteiger partial charge in [-0.3, -0.25) is 4.98 Å². The van der Waals surface area contributed by atoms with Crippen molar-refractivity contribution in [1.82, 2.24) is 15.0 Å². The molecule has 0 bridgehead atoms. The van der Waals surface area contributed by atoms with Crippen LogP contribution in [0.3, 0.4) is 0 Å². The van der Waals surface area contributed by atoms with Crippen LogP contribution in [-0.4, -0.2) is 19.4 Å². The Hall–Kier alpha value is -1.28. The number of pyridine rings is 1. The molecular weight excluding hydrogens is 306 g/mol. The van der Waals surface area contributed by atoms with Crippen molar-refractivity contribution in [2.24, 2.45) is 0 Å². The van der Waals surface area contributed by atoms with Crippen molar-refractivity contribution in [1.29, 1.82) is 0 Å². The van der Waals surface area contributed by atoms with Gasteiger partial charge in [0.25, 0.3) is 0 Å². The van der Waals surface area contributed by atoms with E-state index < -0.39 is 10.0 Å². The van der Waals surface area contributed by atoms with Crippen molar-refractivity contribution in [3.05, 3.63) is 46.4 Å². The summed E-state index contributed by atoms with van der Waals surface area (Å²) in [5.74, 6) is 0. The fourth-order valence-electron chi connectivity index (χ4n) is 1.98. The van der Waals surface area contributed by atoms with E-state index >= 15 is 0 Å². The lowest BCUT2D eigenvalue weighted by Crippen LogP contribution is -2.25. The van der Waals surface area contributed by atoms with E-state index in [1.807, 2.05) is 5.38 Å². The molecule has 7 heteroatoms. The zero-order chi connectivity index (χ0) is 14.7. The molecule has 0 atom stereocenters. The van der Waals surface area contributed by atoms with Gasteiger partial charge in [-0.05, 0) is 42.0 Å². The second-order valence-corrected chi connectivity index (χ2v) is 7.78. The van der Waals surface area contributed by atoms with Crippen LogP contribution in [0.1, 0.15) is 23.3 Å². The molecule has 2 aromatic rings. The van der Waals surface area contributed by atoms with Gasteiger partial charge in [0.2, 0.25) is 10.0 Å². The zero-order valence-electron chi connectivity index (χ0n) is 11.5. The van der Waals surface area contributed by atoms with E-state index in [0.29, 0.717) is 17.5 Å². The lowest BCUT2D eigenvalue weighted by molar-refractivity contribution is 0.579. The number of hydrogen-bond acceptors (Lipinski definition) is 5. The van der Waals surface area contributed by atoms with Crippen molar-refractivity contribution in [2.45, 2.75) is 36.9 Å². The third-order valence-electron chi connectivity index (χ3n) is 3.34. The fraction of sp³-hybridized carbons (Fsp3) is 0.357. The third kappa shape index (κ3) is 3.88. The number of nitrogens with zero attached hydrogens (tertiary/aromatic N) is 1. The van der Waals surface area contributed by atoms with Gasteiger partial charge in [0.15, 0.2) is 0 Å². The monoisotopic (exact) mass is 323 g/mol. The minimum absolute atomic E-state index is 0.274. The number of aromatic nitrogens is 1. The van der Waals surface area contributed by atoms with E-state index in [2.05, 4.69) is 15.0 Å². The molecule has 2 aromatic heterocycles. The van der Waals surface area contributed by atoms with Gasteiger partial charge >= 0.3 is 0 Å². The molecule has 5 nitrogen and oxygen atoms in total. The highest BCUT2D eigenvalue weighted by Crippen LogP contribution is 2.24. The Morgan fingerprint density at radius 1 is 1.19 bits per heavy atom. The van der Waals surface area contributed by atoms with Crippen molar-refractivity contribution in [3.63, 3.8) is 0 Å². The van der Waals surface area contributed by atoms with Gasteiger partial charge < -0.3 is 5.32 Å². The van der Waals surface area contributed by atoms with Crippen LogP contribution in [0.2, 0.25) is 0 Å². The molecule has 1 aliphatic rings. The average molecular weight is 323 g/mol. The Morgan fingerprint density at radius 3 is 2.67 bits per heavy atom. The summed E-state index contributed by atoms with van der Waals surface area (Å²) in [6, 6.07) is 5.83. The first-order valence-corrected chi connectivity index (χ1v) is 9.20. The Bertz CT molecular complexity index is 694. The van der Waals surface area contributed by atoms with Crippen molar-refractivity contribution < 1.29 is 8.42 Å². The summed E-state index contributed by atoms with van der Waals surface area (Å²) in [5.41, 5.74) is 0.890. The molecule has 1 saturated carbocycles. The maximum absolute atomic E-state index is 12.4. The standard InChI is InChI=1S/C14H17N3O2S2/c18-21(19,17-9-11-3-6-15-7-4-11)14-5-8-20-13(14)10-16-12-1-2-12/h3-8,12,16-17H,1-2,9-10H2. The Labute approximate surface area is 128 Å². The van der Waals surface area contributed by atoms with Crippen molar-refractivity contribution in [2.75, 3.05) is 0 Å². The first kappa shape index (κ1) is 14.6. The second kappa shape index (κ2) is 6.23. The van der Waals surface area contributed by atoms with Crippen LogP contribution in [0.15, 0.2) is 40.9 Å². The van der Waals surface area contributed by atoms with Crippen LogP contribution in [0, 0.1) is 0 Å². The number of sulfonamides is 1. The van der Waals surface area contributed by atoms with Crippen LogP contribution in [0.25, 0.3) is 0 Å². The lowest BCUT2D eigenvalue weighted by Gasteiger charge is -2.08. The number of thiophene rings is 1. The van der Waals surface area contributed by atoms with E-state index in [4.69, 9.17) is 0 Å². The maximum atomic E-state index is 12.4. The Kier molecular flexibility index (Phi) is 4.34. The average Bonchev–Trinajstić information content (AvgIpc) is 3.20. The molecule has 0 aliphatic heterocycles. The molecule has 2 N–H and O–H groups in total. The summed E-state index contributed by atoms with van der Waals surface area (Å²) in [6.07, 6.45) is 5.68. The van der Waals surface area contributed by atoms with Gasteiger partial charge in [0, 0.05) is 36.4 Å². The van der Waals surface area contributed by atoms with Crippen LogP contribution in [0.5, 0.6) is 0 Å². The molecule has 0 amide bonds. The molecule has 0 unspecified atom stereocenters. The molecular formula is C14H17N3O2S2. The quantitative estimate of drug-likeness (QED) is 0.816. The van der Waals surface area contributed by atoms with Crippen LogP contribution in [-0.2, 0) is 23.1 Å². The molecule has 21 heavy (non-hydrogen) atoms. The molecule has 1 fully saturated rings. The van der Waals surface area contributed by atoms with Crippen LogP contribution >= 0.6 is 11.3 Å². The Morgan fingerprint density at radius 2 is 1.95 bits per heavy atom. The van der Waals surface area contributed by atoms with Gasteiger partial charge in [-0.1, -0.05) is 0 Å². The largest absolute Gasteiger partial charge is 0.309 e. The summed E-state index contributed by atoms with van der Waals surface area (Å²) in [4.78, 5) is 5.17. The predicted octanol–water partition coefficient (Wildman–Crippen LogP) is 1.87. The Balaban J connectivity index is 1.67. The fourth-order valence-corrected chi connectivity index (χ4v) is 4.39.